The summed E-state index contributed by atoms with van der Waals surface area (Å²) in [5.41, 5.74) is 0.0565. The fraction of sp³-hybridized carbons (Fsp3) is 0.533. The molecule has 1 rings (SSSR count). The summed E-state index contributed by atoms with van der Waals surface area (Å²) in [6.07, 6.45) is 0.723. The smallest absolute Gasteiger partial charge is 0.258 e. The molecule has 0 aliphatic carbocycles. The highest BCUT2D eigenvalue weighted by molar-refractivity contribution is 5.77. The molecule has 1 aromatic carbocycles. The minimum atomic E-state index is -0.230. The van der Waals surface area contributed by atoms with Crippen molar-refractivity contribution in [1.29, 1.82) is 0 Å². The topological polar surface area (TPSA) is 58.6 Å². The van der Waals surface area contributed by atoms with E-state index in [4.69, 9.17) is 4.74 Å². The molecule has 0 bridgehead atoms. The molecule has 1 atom stereocenters. The van der Waals surface area contributed by atoms with Crippen LogP contribution in [0.15, 0.2) is 30.3 Å². The van der Waals surface area contributed by atoms with Crippen LogP contribution in [-0.2, 0) is 4.79 Å². The van der Waals surface area contributed by atoms with Crippen LogP contribution in [0.5, 0.6) is 5.75 Å². The molecule has 0 aliphatic rings. The summed E-state index contributed by atoms with van der Waals surface area (Å²) in [5.74, 6) is 0.446. The van der Waals surface area contributed by atoms with E-state index in [9.17, 15) is 9.90 Å². The van der Waals surface area contributed by atoms with E-state index in [-0.39, 0.29) is 30.6 Å². The van der Waals surface area contributed by atoms with Crippen molar-refractivity contribution in [2.45, 2.75) is 33.2 Å². The number of aliphatic hydroxyl groups is 1. The number of rotatable bonds is 6. The number of hydrogen-bond acceptors (Lipinski definition) is 3. The van der Waals surface area contributed by atoms with Crippen molar-refractivity contribution in [2.24, 2.45) is 5.41 Å². The van der Waals surface area contributed by atoms with Crippen LogP contribution < -0.4 is 10.1 Å². The second-order valence-corrected chi connectivity index (χ2v) is 5.81. The molecule has 4 heteroatoms. The van der Waals surface area contributed by atoms with Crippen LogP contribution in [0.3, 0.4) is 0 Å². The highest BCUT2D eigenvalue weighted by atomic mass is 16.5. The summed E-state index contributed by atoms with van der Waals surface area (Å²) >= 11 is 0. The minimum Gasteiger partial charge on any atom is -0.484 e. The first-order valence-electron chi connectivity index (χ1n) is 6.49. The molecule has 0 aromatic heterocycles. The van der Waals surface area contributed by atoms with E-state index in [1.54, 1.807) is 12.1 Å². The highest BCUT2D eigenvalue weighted by Crippen LogP contribution is 2.20. The van der Waals surface area contributed by atoms with Crippen molar-refractivity contribution in [3.63, 3.8) is 0 Å². The van der Waals surface area contributed by atoms with Crippen LogP contribution in [0, 0.1) is 5.41 Å². The van der Waals surface area contributed by atoms with Gasteiger partial charge in [-0.2, -0.15) is 0 Å². The van der Waals surface area contributed by atoms with Crippen molar-refractivity contribution < 1.29 is 14.6 Å². The number of carbonyl (C=O) groups is 1. The maximum atomic E-state index is 11.7. The Hall–Kier alpha value is -1.55. The molecule has 1 amide bonds. The predicted molar refractivity (Wildman–Crippen MR) is 75.0 cm³/mol. The van der Waals surface area contributed by atoms with Crippen LogP contribution >= 0.6 is 0 Å². The van der Waals surface area contributed by atoms with E-state index in [1.165, 1.54) is 0 Å². The number of amides is 1. The van der Waals surface area contributed by atoms with Gasteiger partial charge >= 0.3 is 0 Å². The number of para-hydroxylation sites is 1. The van der Waals surface area contributed by atoms with Gasteiger partial charge in [0, 0.05) is 0 Å². The number of benzene rings is 1. The third-order valence-corrected chi connectivity index (χ3v) is 2.56. The molecular weight excluding hydrogens is 242 g/mol. The molecule has 2 N–H and O–H groups in total. The van der Waals surface area contributed by atoms with Crippen molar-refractivity contribution >= 4 is 5.91 Å². The first-order valence-corrected chi connectivity index (χ1v) is 6.49. The van der Waals surface area contributed by atoms with Gasteiger partial charge in [0.2, 0.25) is 0 Å². The molecule has 0 radical (unpaired) electrons. The average molecular weight is 265 g/mol. The van der Waals surface area contributed by atoms with Gasteiger partial charge in [-0.25, -0.2) is 0 Å². The van der Waals surface area contributed by atoms with Crippen LogP contribution in [0.2, 0.25) is 0 Å². The second-order valence-electron chi connectivity index (χ2n) is 5.81. The molecule has 1 aromatic rings. The number of aliphatic hydroxyl groups excluding tert-OH is 1. The monoisotopic (exact) mass is 265 g/mol. The Kier molecular flexibility index (Phi) is 5.83. The van der Waals surface area contributed by atoms with Crippen molar-refractivity contribution in [1.82, 2.24) is 5.32 Å². The van der Waals surface area contributed by atoms with Gasteiger partial charge in [0.15, 0.2) is 6.61 Å². The zero-order valence-corrected chi connectivity index (χ0v) is 11.8. The van der Waals surface area contributed by atoms with Gasteiger partial charge in [-0.1, -0.05) is 39.0 Å². The molecule has 106 valence electrons. The van der Waals surface area contributed by atoms with E-state index in [1.807, 2.05) is 18.2 Å². The lowest BCUT2D eigenvalue weighted by Crippen LogP contribution is -2.42. The maximum Gasteiger partial charge on any atom is 0.258 e. The van der Waals surface area contributed by atoms with Gasteiger partial charge < -0.3 is 15.2 Å². The molecule has 0 saturated carbocycles. The third-order valence-electron chi connectivity index (χ3n) is 2.56. The van der Waals surface area contributed by atoms with Crippen molar-refractivity contribution in [3.8, 4) is 5.75 Å². The third kappa shape index (κ3) is 6.82. The number of carbonyl (C=O) groups excluding carboxylic acids is 1. The molecule has 19 heavy (non-hydrogen) atoms. The summed E-state index contributed by atoms with van der Waals surface area (Å²) in [6.45, 7) is 6.12. The Bertz CT molecular complexity index is 384. The van der Waals surface area contributed by atoms with Gasteiger partial charge in [0.1, 0.15) is 5.75 Å². The quantitative estimate of drug-likeness (QED) is 0.827. The lowest BCUT2D eigenvalue weighted by atomic mass is 9.88. The maximum absolute atomic E-state index is 11.7. The second kappa shape index (κ2) is 7.14. The van der Waals surface area contributed by atoms with Crippen LogP contribution in [0.1, 0.15) is 27.2 Å². The molecule has 4 nitrogen and oxygen atoms in total. The van der Waals surface area contributed by atoms with E-state index in [0.29, 0.717) is 5.75 Å². The van der Waals surface area contributed by atoms with E-state index in [0.717, 1.165) is 6.42 Å². The number of nitrogens with one attached hydrogen (secondary N) is 1. The zero-order chi connectivity index (χ0) is 14.3. The van der Waals surface area contributed by atoms with Crippen molar-refractivity contribution in [2.75, 3.05) is 13.2 Å². The lowest BCUT2D eigenvalue weighted by Gasteiger charge is -2.25. The summed E-state index contributed by atoms with van der Waals surface area (Å²) in [5, 5.41) is 12.0. The highest BCUT2D eigenvalue weighted by Gasteiger charge is 2.19. The van der Waals surface area contributed by atoms with Crippen molar-refractivity contribution in [3.05, 3.63) is 30.3 Å². The first kappa shape index (κ1) is 15.5. The van der Waals surface area contributed by atoms with E-state index >= 15 is 0 Å². The van der Waals surface area contributed by atoms with Gasteiger partial charge in [-0.05, 0) is 24.0 Å². The molecule has 0 saturated heterocycles. The SMILES string of the molecule is CC(C)(C)CC(CO)NC(=O)COc1ccccc1. The standard InChI is InChI=1S/C15H23NO3/c1-15(2,3)9-12(10-17)16-14(18)11-19-13-7-5-4-6-8-13/h4-8,12,17H,9-11H2,1-3H3,(H,16,18). The number of ether oxygens (including phenoxy) is 1. The molecule has 0 spiro atoms. The summed E-state index contributed by atoms with van der Waals surface area (Å²) in [4.78, 5) is 11.7. The molecule has 0 heterocycles. The van der Waals surface area contributed by atoms with Gasteiger partial charge in [-0.15, -0.1) is 0 Å². The summed E-state index contributed by atoms with van der Waals surface area (Å²) < 4.78 is 5.35. The van der Waals surface area contributed by atoms with Crippen LogP contribution in [0.4, 0.5) is 0 Å². The Morgan fingerprint density at radius 3 is 2.47 bits per heavy atom. The minimum absolute atomic E-state index is 0.0370. The van der Waals surface area contributed by atoms with Crippen LogP contribution in [0.25, 0.3) is 0 Å². The predicted octanol–water partition coefficient (Wildman–Crippen LogP) is 1.98. The summed E-state index contributed by atoms with van der Waals surface area (Å²) in [7, 11) is 0. The molecule has 1 unspecified atom stereocenters. The lowest BCUT2D eigenvalue weighted by molar-refractivity contribution is -0.124. The van der Waals surface area contributed by atoms with Gasteiger partial charge in [0.25, 0.3) is 5.91 Å². The fourth-order valence-corrected chi connectivity index (χ4v) is 1.84. The Labute approximate surface area is 114 Å². The van der Waals surface area contributed by atoms with E-state index in [2.05, 4.69) is 26.1 Å². The van der Waals surface area contributed by atoms with Gasteiger partial charge in [0.05, 0.1) is 12.6 Å². The first-order chi connectivity index (χ1) is 8.90. The zero-order valence-electron chi connectivity index (χ0n) is 11.8. The Morgan fingerprint density at radius 2 is 1.95 bits per heavy atom. The van der Waals surface area contributed by atoms with E-state index < -0.39 is 0 Å². The largest absolute Gasteiger partial charge is 0.484 e. The fourth-order valence-electron chi connectivity index (χ4n) is 1.84. The molecular formula is C15H23NO3. The molecule has 0 aliphatic heterocycles. The normalized spacial score (nSPS) is 12.8. The van der Waals surface area contributed by atoms with Crippen LogP contribution in [-0.4, -0.2) is 30.3 Å². The Balaban J connectivity index is 2.37. The average Bonchev–Trinajstić information content (AvgIpc) is 2.35. The Morgan fingerprint density at radius 1 is 1.32 bits per heavy atom. The summed E-state index contributed by atoms with van der Waals surface area (Å²) in [6, 6.07) is 8.95. The molecule has 0 fully saturated rings. The van der Waals surface area contributed by atoms with Gasteiger partial charge in [-0.3, -0.25) is 4.79 Å². The number of hydrogen-bond donors (Lipinski definition) is 2.